The fourth-order valence-electron chi connectivity index (χ4n) is 2.09. The first-order chi connectivity index (χ1) is 7.77. The summed E-state index contributed by atoms with van der Waals surface area (Å²) in [5.74, 6) is 0.916. The summed E-state index contributed by atoms with van der Waals surface area (Å²) in [6.45, 7) is 0. The fourth-order valence-corrected chi connectivity index (χ4v) is 2.09. The second-order valence-electron chi connectivity index (χ2n) is 3.85. The number of carbonyl (C=O) groups excluding carboxylic acids is 1. The largest absolute Gasteiger partial charge is 0.274 e. The van der Waals surface area contributed by atoms with Crippen LogP contribution in [0.15, 0.2) is 36.5 Å². The zero-order valence-electron chi connectivity index (χ0n) is 8.92. The highest BCUT2D eigenvalue weighted by Gasteiger charge is 2.29. The molecule has 0 saturated heterocycles. The SMILES string of the molecule is Cn1nccc1N1C(=O)Cc2ccccc21. The van der Waals surface area contributed by atoms with Crippen LogP contribution in [-0.2, 0) is 18.3 Å². The van der Waals surface area contributed by atoms with Gasteiger partial charge in [0.1, 0.15) is 5.82 Å². The molecule has 0 aliphatic carbocycles. The summed E-state index contributed by atoms with van der Waals surface area (Å²) in [6.07, 6.45) is 2.17. The van der Waals surface area contributed by atoms with Crippen molar-refractivity contribution in [2.45, 2.75) is 6.42 Å². The van der Waals surface area contributed by atoms with Crippen molar-refractivity contribution in [2.75, 3.05) is 4.90 Å². The second kappa shape index (κ2) is 3.20. The molecule has 4 nitrogen and oxygen atoms in total. The summed E-state index contributed by atoms with van der Waals surface area (Å²) in [5, 5.41) is 4.09. The van der Waals surface area contributed by atoms with E-state index in [1.165, 1.54) is 0 Å². The van der Waals surface area contributed by atoms with Gasteiger partial charge in [-0.3, -0.25) is 14.4 Å². The van der Waals surface area contributed by atoms with Crippen LogP contribution in [-0.4, -0.2) is 15.7 Å². The molecule has 3 rings (SSSR count). The van der Waals surface area contributed by atoms with E-state index in [-0.39, 0.29) is 5.91 Å². The van der Waals surface area contributed by atoms with Crippen molar-refractivity contribution in [1.29, 1.82) is 0 Å². The highest BCUT2D eigenvalue weighted by atomic mass is 16.2. The number of benzene rings is 1. The van der Waals surface area contributed by atoms with Crippen molar-refractivity contribution < 1.29 is 4.79 Å². The summed E-state index contributed by atoms with van der Waals surface area (Å²) < 4.78 is 1.71. The molecule has 0 N–H and O–H groups in total. The highest BCUT2D eigenvalue weighted by molar-refractivity contribution is 6.06. The molecule has 1 amide bonds. The quantitative estimate of drug-likeness (QED) is 0.722. The third-order valence-corrected chi connectivity index (χ3v) is 2.85. The molecule has 0 unspecified atom stereocenters. The van der Waals surface area contributed by atoms with Gasteiger partial charge in [0.2, 0.25) is 5.91 Å². The third kappa shape index (κ3) is 1.16. The molecule has 1 aliphatic heterocycles. The maximum absolute atomic E-state index is 12.0. The minimum atomic E-state index is 0.102. The van der Waals surface area contributed by atoms with Gasteiger partial charge in [-0.1, -0.05) is 18.2 Å². The van der Waals surface area contributed by atoms with Crippen molar-refractivity contribution in [1.82, 2.24) is 9.78 Å². The fraction of sp³-hybridized carbons (Fsp3) is 0.167. The van der Waals surface area contributed by atoms with Crippen LogP contribution in [0.4, 0.5) is 11.5 Å². The van der Waals surface area contributed by atoms with E-state index in [1.54, 1.807) is 15.8 Å². The van der Waals surface area contributed by atoms with Crippen molar-refractivity contribution in [3.63, 3.8) is 0 Å². The van der Waals surface area contributed by atoms with Crippen LogP contribution in [0.1, 0.15) is 5.56 Å². The number of amides is 1. The lowest BCUT2D eigenvalue weighted by atomic mass is 10.2. The number of hydrogen-bond donors (Lipinski definition) is 0. The lowest BCUT2D eigenvalue weighted by Gasteiger charge is -2.16. The molecule has 2 heterocycles. The van der Waals surface area contributed by atoms with E-state index >= 15 is 0 Å². The average molecular weight is 213 g/mol. The van der Waals surface area contributed by atoms with Gasteiger partial charge in [-0.15, -0.1) is 0 Å². The molecule has 0 fully saturated rings. The minimum Gasteiger partial charge on any atom is -0.274 e. The number of aryl methyl sites for hydroxylation is 1. The number of para-hydroxylation sites is 1. The Morgan fingerprint density at radius 3 is 2.81 bits per heavy atom. The maximum atomic E-state index is 12.0. The van der Waals surface area contributed by atoms with Crippen molar-refractivity contribution in [3.8, 4) is 0 Å². The number of carbonyl (C=O) groups is 1. The number of nitrogens with zero attached hydrogens (tertiary/aromatic N) is 3. The molecule has 1 aliphatic rings. The number of anilines is 2. The number of rotatable bonds is 1. The molecule has 16 heavy (non-hydrogen) atoms. The first-order valence-corrected chi connectivity index (χ1v) is 5.16. The molecule has 0 saturated carbocycles. The Labute approximate surface area is 93.1 Å². The maximum Gasteiger partial charge on any atom is 0.237 e. The monoisotopic (exact) mass is 213 g/mol. The van der Waals surface area contributed by atoms with Gasteiger partial charge in [-0.2, -0.15) is 5.10 Å². The van der Waals surface area contributed by atoms with Crippen LogP contribution in [0.25, 0.3) is 0 Å². The summed E-state index contributed by atoms with van der Waals surface area (Å²) in [5.41, 5.74) is 2.05. The van der Waals surface area contributed by atoms with Gasteiger partial charge in [0.15, 0.2) is 0 Å². The van der Waals surface area contributed by atoms with E-state index in [4.69, 9.17) is 0 Å². The Morgan fingerprint density at radius 2 is 2.06 bits per heavy atom. The van der Waals surface area contributed by atoms with E-state index in [1.807, 2.05) is 37.4 Å². The third-order valence-electron chi connectivity index (χ3n) is 2.85. The molecule has 4 heteroatoms. The summed E-state index contributed by atoms with van der Waals surface area (Å²) in [6, 6.07) is 9.70. The summed E-state index contributed by atoms with van der Waals surface area (Å²) >= 11 is 0. The molecule has 1 aromatic carbocycles. The van der Waals surface area contributed by atoms with Crippen molar-refractivity contribution in [2.24, 2.45) is 7.05 Å². The molecular weight excluding hydrogens is 202 g/mol. The molecule has 80 valence electrons. The van der Waals surface area contributed by atoms with E-state index in [0.717, 1.165) is 17.1 Å². The lowest BCUT2D eigenvalue weighted by Crippen LogP contribution is -2.23. The van der Waals surface area contributed by atoms with Gasteiger partial charge >= 0.3 is 0 Å². The van der Waals surface area contributed by atoms with Crippen LogP contribution in [0, 0.1) is 0 Å². The summed E-state index contributed by atoms with van der Waals surface area (Å²) in [4.78, 5) is 13.7. The molecule has 0 radical (unpaired) electrons. The molecular formula is C12H11N3O. The van der Waals surface area contributed by atoms with Gasteiger partial charge in [-0.25, -0.2) is 0 Å². The Bertz CT molecular complexity index is 559. The topological polar surface area (TPSA) is 38.1 Å². The predicted molar refractivity (Wildman–Crippen MR) is 60.5 cm³/mol. The molecule has 0 spiro atoms. The zero-order chi connectivity index (χ0) is 11.1. The molecule has 0 atom stereocenters. The second-order valence-corrected chi connectivity index (χ2v) is 3.85. The van der Waals surface area contributed by atoms with Gasteiger partial charge in [0.25, 0.3) is 0 Å². The predicted octanol–water partition coefficient (Wildman–Crippen LogP) is 1.64. The van der Waals surface area contributed by atoms with Gasteiger partial charge in [0.05, 0.1) is 18.3 Å². The van der Waals surface area contributed by atoms with E-state index in [2.05, 4.69) is 5.10 Å². The Morgan fingerprint density at radius 1 is 1.25 bits per heavy atom. The minimum absolute atomic E-state index is 0.102. The van der Waals surface area contributed by atoms with Crippen LogP contribution in [0.2, 0.25) is 0 Å². The first kappa shape index (κ1) is 9.15. The van der Waals surface area contributed by atoms with E-state index < -0.39 is 0 Å². The van der Waals surface area contributed by atoms with Crippen LogP contribution in [0.5, 0.6) is 0 Å². The highest BCUT2D eigenvalue weighted by Crippen LogP contribution is 2.34. The van der Waals surface area contributed by atoms with E-state index in [9.17, 15) is 4.79 Å². The first-order valence-electron chi connectivity index (χ1n) is 5.16. The zero-order valence-corrected chi connectivity index (χ0v) is 8.92. The molecule has 2 aromatic rings. The standard InChI is InChI=1S/C12H11N3O/c1-14-11(6-7-13-14)15-10-5-3-2-4-9(10)8-12(15)16/h2-7H,8H2,1H3. The number of aromatic nitrogens is 2. The van der Waals surface area contributed by atoms with Gasteiger partial charge in [0, 0.05) is 13.1 Å². The number of hydrogen-bond acceptors (Lipinski definition) is 2. The number of fused-ring (bicyclic) bond motifs is 1. The Kier molecular flexibility index (Phi) is 1.83. The Balaban J connectivity index is 2.16. The Hall–Kier alpha value is -2.10. The van der Waals surface area contributed by atoms with E-state index in [0.29, 0.717) is 6.42 Å². The van der Waals surface area contributed by atoms with Gasteiger partial charge in [-0.05, 0) is 11.6 Å². The van der Waals surface area contributed by atoms with Crippen LogP contribution >= 0.6 is 0 Å². The normalized spacial score (nSPS) is 14.3. The van der Waals surface area contributed by atoms with Crippen molar-refractivity contribution >= 4 is 17.4 Å². The van der Waals surface area contributed by atoms with Crippen LogP contribution < -0.4 is 4.90 Å². The van der Waals surface area contributed by atoms with Crippen LogP contribution in [0.3, 0.4) is 0 Å². The smallest absolute Gasteiger partial charge is 0.237 e. The molecule has 0 bridgehead atoms. The van der Waals surface area contributed by atoms with Gasteiger partial charge < -0.3 is 0 Å². The lowest BCUT2D eigenvalue weighted by molar-refractivity contribution is -0.116. The average Bonchev–Trinajstić information content (AvgIpc) is 2.81. The summed E-state index contributed by atoms with van der Waals surface area (Å²) in [7, 11) is 1.84. The molecule has 1 aromatic heterocycles. The van der Waals surface area contributed by atoms with Crippen molar-refractivity contribution in [3.05, 3.63) is 42.1 Å².